The molecular formula is C12H8Cl2N2O3S. The van der Waals surface area contributed by atoms with Gasteiger partial charge >= 0.3 is 5.97 Å². The number of carbonyl (C=O) groups is 2. The first-order chi connectivity index (χ1) is 9.36. The zero-order chi connectivity index (χ0) is 14.9. The molecule has 5 nitrogen and oxygen atoms in total. The van der Waals surface area contributed by atoms with Crippen molar-refractivity contribution in [3.05, 3.63) is 44.5 Å². The molecule has 0 unspecified atom stereocenters. The van der Waals surface area contributed by atoms with Crippen molar-refractivity contribution in [3.63, 3.8) is 0 Å². The van der Waals surface area contributed by atoms with Gasteiger partial charge in [-0.3, -0.25) is 4.79 Å². The lowest BCUT2D eigenvalue weighted by atomic mass is 10.2. The van der Waals surface area contributed by atoms with Gasteiger partial charge in [-0.2, -0.15) is 0 Å². The maximum absolute atomic E-state index is 12.1. The van der Waals surface area contributed by atoms with E-state index in [-0.39, 0.29) is 26.4 Å². The van der Waals surface area contributed by atoms with Gasteiger partial charge in [0.25, 0.3) is 5.91 Å². The number of carboxylic acids is 1. The number of amides is 1. The van der Waals surface area contributed by atoms with Crippen molar-refractivity contribution >= 4 is 51.4 Å². The van der Waals surface area contributed by atoms with E-state index in [1.165, 1.54) is 29.5 Å². The zero-order valence-electron chi connectivity index (χ0n) is 10.1. The molecule has 0 aliphatic rings. The predicted octanol–water partition coefficient (Wildman–Crippen LogP) is 3.71. The molecule has 0 aromatic carbocycles. The van der Waals surface area contributed by atoms with Gasteiger partial charge in [0.1, 0.15) is 15.3 Å². The highest BCUT2D eigenvalue weighted by Crippen LogP contribution is 2.28. The number of hydrogen-bond acceptors (Lipinski definition) is 4. The van der Waals surface area contributed by atoms with Gasteiger partial charge in [0.2, 0.25) is 0 Å². The molecule has 0 bridgehead atoms. The second kappa shape index (κ2) is 5.78. The van der Waals surface area contributed by atoms with Crippen LogP contribution in [-0.2, 0) is 0 Å². The van der Waals surface area contributed by atoms with Crippen molar-refractivity contribution in [2.75, 3.05) is 5.32 Å². The number of carboxylic acid groups (broad SMARTS) is 1. The van der Waals surface area contributed by atoms with Crippen molar-refractivity contribution in [2.24, 2.45) is 0 Å². The topological polar surface area (TPSA) is 79.3 Å². The fourth-order valence-corrected chi connectivity index (χ4v) is 2.90. The molecule has 0 fully saturated rings. The van der Waals surface area contributed by atoms with Gasteiger partial charge in [-0.1, -0.05) is 23.2 Å². The summed E-state index contributed by atoms with van der Waals surface area (Å²) in [6, 6.07) is 4.20. The Hall–Kier alpha value is -1.63. The normalized spacial score (nSPS) is 10.3. The number of rotatable bonds is 3. The van der Waals surface area contributed by atoms with Crippen LogP contribution in [0.3, 0.4) is 0 Å². The Morgan fingerprint density at radius 1 is 1.25 bits per heavy atom. The van der Waals surface area contributed by atoms with Crippen molar-refractivity contribution in [2.45, 2.75) is 6.92 Å². The smallest absolute Gasteiger partial charge is 0.338 e. The maximum Gasteiger partial charge on any atom is 0.338 e. The van der Waals surface area contributed by atoms with E-state index in [2.05, 4.69) is 10.3 Å². The Morgan fingerprint density at radius 3 is 2.40 bits per heavy atom. The molecule has 2 aromatic heterocycles. The van der Waals surface area contributed by atoms with Crippen LogP contribution in [0.2, 0.25) is 10.3 Å². The molecule has 2 rings (SSSR count). The number of halogens is 2. The maximum atomic E-state index is 12.1. The second-order valence-corrected chi connectivity index (χ2v) is 5.89. The summed E-state index contributed by atoms with van der Waals surface area (Å²) >= 11 is 12.6. The van der Waals surface area contributed by atoms with E-state index < -0.39 is 11.9 Å². The van der Waals surface area contributed by atoms with E-state index in [0.717, 1.165) is 4.88 Å². The van der Waals surface area contributed by atoms with Gasteiger partial charge in [-0.25, -0.2) is 9.78 Å². The van der Waals surface area contributed by atoms with E-state index in [9.17, 15) is 9.59 Å². The first kappa shape index (κ1) is 14.8. The number of nitrogens with one attached hydrogen (secondary N) is 1. The number of pyridine rings is 1. The summed E-state index contributed by atoms with van der Waals surface area (Å²) in [4.78, 5) is 27.6. The molecule has 0 spiro atoms. The average molecular weight is 331 g/mol. The molecule has 104 valence electrons. The summed E-state index contributed by atoms with van der Waals surface area (Å²) in [6.07, 6.45) is 0. The van der Waals surface area contributed by atoms with E-state index in [1.807, 2.05) is 0 Å². The first-order valence-electron chi connectivity index (χ1n) is 5.35. The minimum absolute atomic E-state index is 0.0482. The van der Waals surface area contributed by atoms with Gasteiger partial charge in [-0.05, 0) is 25.1 Å². The quantitative estimate of drug-likeness (QED) is 0.841. The summed E-state index contributed by atoms with van der Waals surface area (Å²) in [7, 11) is 0. The lowest BCUT2D eigenvalue weighted by molar-refractivity contribution is 0.0698. The van der Waals surface area contributed by atoms with E-state index in [0.29, 0.717) is 0 Å². The number of carbonyl (C=O) groups excluding carboxylic acids is 1. The van der Waals surface area contributed by atoms with Crippen molar-refractivity contribution in [3.8, 4) is 0 Å². The van der Waals surface area contributed by atoms with Crippen LogP contribution in [0.4, 0.5) is 5.00 Å². The summed E-state index contributed by atoms with van der Waals surface area (Å²) in [5.74, 6) is -1.60. The fraction of sp³-hybridized carbons (Fsp3) is 0.0833. The Bertz CT molecular complexity index is 680. The van der Waals surface area contributed by atoms with Gasteiger partial charge in [-0.15, -0.1) is 11.3 Å². The zero-order valence-corrected chi connectivity index (χ0v) is 12.4. The molecule has 0 atom stereocenters. The number of nitrogens with zero attached hydrogens (tertiary/aromatic N) is 1. The molecule has 20 heavy (non-hydrogen) atoms. The van der Waals surface area contributed by atoms with Crippen molar-refractivity contribution in [1.29, 1.82) is 0 Å². The van der Waals surface area contributed by atoms with Gasteiger partial charge < -0.3 is 10.4 Å². The number of hydrogen-bond donors (Lipinski definition) is 2. The third kappa shape index (κ3) is 3.27. The first-order valence-corrected chi connectivity index (χ1v) is 6.92. The van der Waals surface area contributed by atoms with Crippen LogP contribution < -0.4 is 5.32 Å². The number of aromatic carboxylic acids is 1. The molecule has 2 aromatic rings. The molecule has 0 aliphatic heterocycles. The highest BCUT2D eigenvalue weighted by molar-refractivity contribution is 7.16. The predicted molar refractivity (Wildman–Crippen MR) is 78.2 cm³/mol. The number of aromatic nitrogens is 1. The third-order valence-electron chi connectivity index (χ3n) is 2.34. The highest BCUT2D eigenvalue weighted by Gasteiger charge is 2.17. The molecule has 0 saturated heterocycles. The van der Waals surface area contributed by atoms with Gasteiger partial charge in [0.15, 0.2) is 0 Å². The number of thiophene rings is 1. The standard InChI is InChI=1S/C12H8Cl2N2O3S/c1-5-2-7(12(18)19)11(20-5)16-10(17)6-3-8(13)15-9(14)4-6/h2-4H,1H3,(H,16,17)(H,18,19). The minimum atomic E-state index is -1.10. The molecule has 8 heteroatoms. The summed E-state index contributed by atoms with van der Waals surface area (Å²) in [5, 5.41) is 12.0. The molecule has 0 radical (unpaired) electrons. The Kier molecular flexibility index (Phi) is 4.27. The SMILES string of the molecule is Cc1cc(C(=O)O)c(NC(=O)c2cc(Cl)nc(Cl)c2)s1. The van der Waals surface area contributed by atoms with Crippen LogP contribution in [-0.4, -0.2) is 22.0 Å². The number of anilines is 1. The van der Waals surface area contributed by atoms with Crippen LogP contribution in [0, 0.1) is 6.92 Å². The Balaban J connectivity index is 2.30. The lowest BCUT2D eigenvalue weighted by Gasteiger charge is -2.05. The third-order valence-corrected chi connectivity index (χ3v) is 3.69. The highest BCUT2D eigenvalue weighted by atomic mass is 35.5. The van der Waals surface area contributed by atoms with E-state index >= 15 is 0 Å². The summed E-state index contributed by atoms with van der Waals surface area (Å²) in [6.45, 7) is 1.76. The van der Waals surface area contributed by atoms with Crippen molar-refractivity contribution in [1.82, 2.24) is 4.98 Å². The van der Waals surface area contributed by atoms with Crippen LogP contribution in [0.15, 0.2) is 18.2 Å². The van der Waals surface area contributed by atoms with Crippen molar-refractivity contribution < 1.29 is 14.7 Å². The summed E-state index contributed by atoms with van der Waals surface area (Å²) < 4.78 is 0. The largest absolute Gasteiger partial charge is 0.478 e. The van der Waals surface area contributed by atoms with Gasteiger partial charge in [0, 0.05) is 10.4 Å². The molecule has 0 saturated carbocycles. The molecule has 0 aliphatic carbocycles. The van der Waals surface area contributed by atoms with Gasteiger partial charge in [0.05, 0.1) is 5.56 Å². The van der Waals surface area contributed by atoms with E-state index in [1.54, 1.807) is 6.92 Å². The minimum Gasteiger partial charge on any atom is -0.478 e. The van der Waals surface area contributed by atoms with E-state index in [4.69, 9.17) is 28.3 Å². The number of aryl methyl sites for hydroxylation is 1. The Morgan fingerprint density at radius 2 is 1.85 bits per heavy atom. The second-order valence-electron chi connectivity index (χ2n) is 3.86. The molecular weight excluding hydrogens is 323 g/mol. The van der Waals surface area contributed by atoms with Crippen LogP contribution >= 0.6 is 34.5 Å². The average Bonchev–Trinajstić information content (AvgIpc) is 2.69. The Labute approximate surface area is 128 Å². The summed E-state index contributed by atoms with van der Waals surface area (Å²) in [5.41, 5.74) is 0.254. The van der Waals surface area contributed by atoms with Crippen LogP contribution in [0.25, 0.3) is 0 Å². The molecule has 2 N–H and O–H groups in total. The monoisotopic (exact) mass is 330 g/mol. The fourth-order valence-electron chi connectivity index (χ4n) is 1.54. The molecule has 1 amide bonds. The molecule has 2 heterocycles. The van der Waals surface area contributed by atoms with Crippen LogP contribution in [0.5, 0.6) is 0 Å². The lowest BCUT2D eigenvalue weighted by Crippen LogP contribution is -2.13. The van der Waals surface area contributed by atoms with Crippen LogP contribution in [0.1, 0.15) is 25.6 Å².